The molecule has 4 heteroatoms. The zero-order chi connectivity index (χ0) is 9.19. The van der Waals surface area contributed by atoms with Crippen LogP contribution < -0.4 is 0 Å². The van der Waals surface area contributed by atoms with Gasteiger partial charge in [0.25, 0.3) is 0 Å². The Labute approximate surface area is 73.1 Å². The molecule has 1 fully saturated rings. The first kappa shape index (κ1) is 9.92. The monoisotopic (exact) mass is 175 g/mol. The molecule has 0 aromatic rings. The molecule has 0 amide bonds. The molecule has 1 rings (SSSR count). The summed E-state index contributed by atoms with van der Waals surface area (Å²) in [4.78, 5) is 1.94. The second-order valence-corrected chi connectivity index (χ2v) is 3.49. The van der Waals surface area contributed by atoms with Crippen LogP contribution in [-0.2, 0) is 9.47 Å². The van der Waals surface area contributed by atoms with E-state index in [2.05, 4.69) is 0 Å². The van der Waals surface area contributed by atoms with Crippen molar-refractivity contribution in [1.82, 2.24) is 4.90 Å². The number of ether oxygens (including phenoxy) is 2. The smallest absolute Gasteiger partial charge is 0.165 e. The third kappa shape index (κ3) is 2.42. The summed E-state index contributed by atoms with van der Waals surface area (Å²) in [5.41, 5.74) is 0. The average molecular weight is 175 g/mol. The van der Waals surface area contributed by atoms with Crippen LogP contribution in [0.1, 0.15) is 13.8 Å². The molecule has 0 bridgehead atoms. The van der Waals surface area contributed by atoms with Crippen molar-refractivity contribution in [1.29, 1.82) is 0 Å². The summed E-state index contributed by atoms with van der Waals surface area (Å²) in [5, 5.41) is 8.69. The Morgan fingerprint density at radius 2 is 2.25 bits per heavy atom. The van der Waals surface area contributed by atoms with Crippen LogP contribution in [0.2, 0.25) is 0 Å². The number of likely N-dealkylation sites (N-methyl/N-ethyl adjacent to an activating group) is 1. The lowest BCUT2D eigenvalue weighted by atomic mass is 10.4. The summed E-state index contributed by atoms with van der Waals surface area (Å²) in [5.74, 6) is -0.478. The highest BCUT2D eigenvalue weighted by Crippen LogP contribution is 2.23. The third-order valence-electron chi connectivity index (χ3n) is 1.94. The lowest BCUT2D eigenvalue weighted by Gasteiger charge is -2.23. The van der Waals surface area contributed by atoms with Crippen molar-refractivity contribution < 1.29 is 14.6 Å². The second kappa shape index (κ2) is 3.70. The van der Waals surface area contributed by atoms with Gasteiger partial charge in [-0.3, -0.25) is 4.90 Å². The van der Waals surface area contributed by atoms with Crippen LogP contribution in [0.25, 0.3) is 0 Å². The van der Waals surface area contributed by atoms with E-state index in [4.69, 9.17) is 14.6 Å². The highest BCUT2D eigenvalue weighted by atomic mass is 16.8. The normalized spacial score (nSPS) is 28.2. The van der Waals surface area contributed by atoms with E-state index in [9.17, 15) is 0 Å². The highest BCUT2D eigenvalue weighted by molar-refractivity contribution is 4.70. The van der Waals surface area contributed by atoms with E-state index >= 15 is 0 Å². The van der Waals surface area contributed by atoms with Crippen molar-refractivity contribution in [3.8, 4) is 0 Å². The van der Waals surface area contributed by atoms with Crippen LogP contribution in [0.5, 0.6) is 0 Å². The van der Waals surface area contributed by atoms with Crippen molar-refractivity contribution in [3.63, 3.8) is 0 Å². The van der Waals surface area contributed by atoms with Gasteiger partial charge in [-0.15, -0.1) is 0 Å². The van der Waals surface area contributed by atoms with Crippen LogP contribution in [0.3, 0.4) is 0 Å². The molecule has 1 saturated heterocycles. The van der Waals surface area contributed by atoms with Crippen LogP contribution >= 0.6 is 0 Å². The van der Waals surface area contributed by atoms with Gasteiger partial charge in [-0.2, -0.15) is 0 Å². The fraction of sp³-hybridized carbons (Fsp3) is 1.00. The van der Waals surface area contributed by atoms with Gasteiger partial charge in [-0.1, -0.05) is 0 Å². The first-order valence-corrected chi connectivity index (χ1v) is 4.18. The Morgan fingerprint density at radius 3 is 2.67 bits per heavy atom. The van der Waals surface area contributed by atoms with Gasteiger partial charge in [0.1, 0.15) is 6.23 Å². The molecule has 1 aliphatic heterocycles. The summed E-state index contributed by atoms with van der Waals surface area (Å²) >= 11 is 0. The van der Waals surface area contributed by atoms with Gasteiger partial charge < -0.3 is 14.6 Å². The van der Waals surface area contributed by atoms with Crippen molar-refractivity contribution in [2.24, 2.45) is 0 Å². The molecule has 0 spiro atoms. The zero-order valence-corrected chi connectivity index (χ0v) is 7.91. The van der Waals surface area contributed by atoms with Gasteiger partial charge >= 0.3 is 0 Å². The van der Waals surface area contributed by atoms with Gasteiger partial charge in [0.2, 0.25) is 0 Å². The molecule has 12 heavy (non-hydrogen) atoms. The van der Waals surface area contributed by atoms with Gasteiger partial charge in [0.05, 0.1) is 13.2 Å². The highest BCUT2D eigenvalue weighted by Gasteiger charge is 2.34. The van der Waals surface area contributed by atoms with E-state index in [-0.39, 0.29) is 12.8 Å². The van der Waals surface area contributed by atoms with Crippen molar-refractivity contribution in [2.45, 2.75) is 25.9 Å². The van der Waals surface area contributed by atoms with E-state index in [1.54, 1.807) is 0 Å². The summed E-state index contributed by atoms with van der Waals surface area (Å²) < 4.78 is 10.9. The van der Waals surface area contributed by atoms with E-state index in [0.717, 1.165) is 0 Å². The van der Waals surface area contributed by atoms with E-state index in [1.165, 1.54) is 0 Å². The fourth-order valence-corrected chi connectivity index (χ4v) is 1.19. The number of aliphatic hydroxyl groups is 1. The molecule has 72 valence electrons. The molecule has 1 N–H and O–H groups in total. The van der Waals surface area contributed by atoms with Crippen LogP contribution in [-0.4, -0.2) is 48.8 Å². The van der Waals surface area contributed by atoms with Gasteiger partial charge in [-0.05, 0) is 20.9 Å². The molecule has 0 saturated carbocycles. The molecule has 0 aromatic carbocycles. The predicted octanol–water partition coefficient (Wildman–Crippen LogP) is 0.0195. The Kier molecular flexibility index (Phi) is 3.06. The Balaban J connectivity index is 2.36. The summed E-state index contributed by atoms with van der Waals surface area (Å²) in [6.07, 6.45) is -0.0212. The first-order chi connectivity index (χ1) is 5.55. The maximum Gasteiger partial charge on any atom is 0.165 e. The standard InChI is InChI=1S/C8H17NO3/c1-8(2)11-6-7(12-8)9(3)4-5-10/h7,10H,4-6H2,1-3H3/t7-/m1/s1. The fourth-order valence-electron chi connectivity index (χ4n) is 1.19. The third-order valence-corrected chi connectivity index (χ3v) is 1.94. The SMILES string of the molecule is CN(CCO)[C@H]1COC(C)(C)O1. The molecule has 1 atom stereocenters. The van der Waals surface area contributed by atoms with E-state index < -0.39 is 5.79 Å². The molecule has 1 aliphatic rings. The summed E-state index contributed by atoms with van der Waals surface area (Å²) in [6.45, 7) is 5.12. The van der Waals surface area contributed by atoms with Crippen molar-refractivity contribution in [3.05, 3.63) is 0 Å². The van der Waals surface area contributed by atoms with E-state index in [0.29, 0.717) is 13.2 Å². The summed E-state index contributed by atoms with van der Waals surface area (Å²) in [6, 6.07) is 0. The average Bonchev–Trinajstić information content (AvgIpc) is 2.31. The minimum absolute atomic E-state index is 0.0212. The largest absolute Gasteiger partial charge is 0.395 e. The minimum Gasteiger partial charge on any atom is -0.395 e. The molecule has 0 radical (unpaired) electrons. The van der Waals surface area contributed by atoms with Crippen LogP contribution in [0, 0.1) is 0 Å². The van der Waals surface area contributed by atoms with Gasteiger partial charge in [0.15, 0.2) is 5.79 Å². The lowest BCUT2D eigenvalue weighted by molar-refractivity contribution is -0.157. The predicted molar refractivity (Wildman–Crippen MR) is 44.6 cm³/mol. The van der Waals surface area contributed by atoms with Gasteiger partial charge in [0, 0.05) is 6.54 Å². The molecule has 4 nitrogen and oxygen atoms in total. The molecule has 0 unspecified atom stereocenters. The Morgan fingerprint density at radius 1 is 1.58 bits per heavy atom. The number of hydrogen-bond donors (Lipinski definition) is 1. The second-order valence-electron chi connectivity index (χ2n) is 3.49. The maximum atomic E-state index is 8.69. The molecular weight excluding hydrogens is 158 g/mol. The minimum atomic E-state index is -0.478. The van der Waals surface area contributed by atoms with Gasteiger partial charge in [-0.25, -0.2) is 0 Å². The Bertz CT molecular complexity index is 149. The topological polar surface area (TPSA) is 41.9 Å². The maximum absolute atomic E-state index is 8.69. The van der Waals surface area contributed by atoms with E-state index in [1.807, 2.05) is 25.8 Å². The quantitative estimate of drug-likeness (QED) is 0.656. The summed E-state index contributed by atoms with van der Waals surface area (Å²) in [7, 11) is 1.91. The van der Waals surface area contributed by atoms with Crippen LogP contribution in [0.4, 0.5) is 0 Å². The number of aliphatic hydroxyl groups excluding tert-OH is 1. The molecular formula is C8H17NO3. The molecule has 0 aromatic heterocycles. The number of rotatable bonds is 3. The van der Waals surface area contributed by atoms with Crippen molar-refractivity contribution in [2.75, 3.05) is 26.8 Å². The molecule has 0 aliphatic carbocycles. The number of hydrogen-bond acceptors (Lipinski definition) is 4. The first-order valence-electron chi connectivity index (χ1n) is 4.18. The van der Waals surface area contributed by atoms with Crippen LogP contribution in [0.15, 0.2) is 0 Å². The van der Waals surface area contributed by atoms with Crippen molar-refractivity contribution >= 4 is 0 Å². The lowest BCUT2D eigenvalue weighted by Crippen LogP contribution is -2.36. The number of nitrogens with zero attached hydrogens (tertiary/aromatic N) is 1. The molecule has 1 heterocycles. The zero-order valence-electron chi connectivity index (χ0n) is 7.91. The Hall–Kier alpha value is -0.160.